The van der Waals surface area contributed by atoms with Crippen molar-refractivity contribution in [2.75, 3.05) is 7.11 Å². The second kappa shape index (κ2) is 10.5. The maximum absolute atomic E-state index is 12.1. The van der Waals surface area contributed by atoms with Crippen molar-refractivity contribution in [3.8, 4) is 11.5 Å². The lowest BCUT2D eigenvalue weighted by atomic mass is 10.2. The van der Waals surface area contributed by atoms with E-state index in [4.69, 9.17) is 32.7 Å². The lowest BCUT2D eigenvalue weighted by molar-refractivity contribution is 0.0955. The fourth-order valence-electron chi connectivity index (χ4n) is 2.55. The Labute approximate surface area is 192 Å². The molecule has 3 rings (SSSR count). The van der Waals surface area contributed by atoms with Crippen LogP contribution in [0, 0.1) is 0 Å². The van der Waals surface area contributed by atoms with Gasteiger partial charge in [0.25, 0.3) is 5.91 Å². The Morgan fingerprint density at radius 1 is 1.13 bits per heavy atom. The van der Waals surface area contributed by atoms with E-state index >= 15 is 0 Å². The van der Waals surface area contributed by atoms with Gasteiger partial charge in [-0.05, 0) is 53.6 Å². The molecule has 0 aliphatic rings. The van der Waals surface area contributed by atoms with E-state index in [-0.39, 0.29) is 5.91 Å². The zero-order valence-corrected chi connectivity index (χ0v) is 19.0. The number of hydrogen-bond acceptors (Lipinski definition) is 4. The van der Waals surface area contributed by atoms with Gasteiger partial charge in [0.1, 0.15) is 6.61 Å². The van der Waals surface area contributed by atoms with Gasteiger partial charge in [-0.2, -0.15) is 5.10 Å². The first-order chi connectivity index (χ1) is 14.5. The summed E-state index contributed by atoms with van der Waals surface area (Å²) in [6, 6.07) is 17.7. The minimum absolute atomic E-state index is 0.309. The molecule has 0 unspecified atom stereocenters. The van der Waals surface area contributed by atoms with Crippen molar-refractivity contribution >= 4 is 51.3 Å². The van der Waals surface area contributed by atoms with E-state index in [0.717, 1.165) is 10.0 Å². The number of hydrazone groups is 1. The molecule has 1 amide bonds. The monoisotopic (exact) mass is 506 g/mol. The average Bonchev–Trinajstić information content (AvgIpc) is 2.73. The summed E-state index contributed by atoms with van der Waals surface area (Å²) in [6.45, 7) is 0.309. The van der Waals surface area contributed by atoms with E-state index in [1.165, 1.54) is 13.3 Å². The normalized spacial score (nSPS) is 10.8. The number of nitrogens with one attached hydrogen (secondary N) is 1. The van der Waals surface area contributed by atoms with Crippen molar-refractivity contribution in [3.63, 3.8) is 0 Å². The molecule has 0 aromatic heterocycles. The van der Waals surface area contributed by atoms with Gasteiger partial charge in [-0.15, -0.1) is 0 Å². The Hall–Kier alpha value is -2.54. The number of rotatable bonds is 7. The van der Waals surface area contributed by atoms with Gasteiger partial charge in [-0.1, -0.05) is 57.3 Å². The Bertz CT molecular complexity index is 1070. The highest BCUT2D eigenvalue weighted by Crippen LogP contribution is 2.36. The highest BCUT2D eigenvalue weighted by molar-refractivity contribution is 9.10. The van der Waals surface area contributed by atoms with Gasteiger partial charge >= 0.3 is 0 Å². The Balaban J connectivity index is 1.69. The first kappa shape index (κ1) is 22.2. The highest BCUT2D eigenvalue weighted by Gasteiger charge is 2.12. The molecule has 154 valence electrons. The maximum Gasteiger partial charge on any atom is 0.271 e. The number of amides is 1. The van der Waals surface area contributed by atoms with Crippen molar-refractivity contribution < 1.29 is 14.3 Å². The predicted octanol–water partition coefficient (Wildman–Crippen LogP) is 6.11. The second-order valence-corrected chi connectivity index (χ2v) is 7.92. The zero-order valence-electron chi connectivity index (χ0n) is 15.9. The van der Waals surface area contributed by atoms with E-state index < -0.39 is 0 Å². The van der Waals surface area contributed by atoms with E-state index in [0.29, 0.717) is 39.3 Å². The summed E-state index contributed by atoms with van der Waals surface area (Å²) in [5, 5.41) is 5.01. The molecule has 0 aliphatic carbocycles. The van der Waals surface area contributed by atoms with E-state index in [9.17, 15) is 4.79 Å². The van der Waals surface area contributed by atoms with Gasteiger partial charge < -0.3 is 9.47 Å². The summed E-state index contributed by atoms with van der Waals surface area (Å²) in [6.07, 6.45) is 1.48. The molecular weight excluding hydrogens is 491 g/mol. The number of ether oxygens (including phenoxy) is 2. The number of carbonyl (C=O) groups excluding carboxylic acids is 1. The topological polar surface area (TPSA) is 59.9 Å². The van der Waals surface area contributed by atoms with Crippen molar-refractivity contribution in [1.29, 1.82) is 0 Å². The van der Waals surface area contributed by atoms with Crippen LogP contribution in [0.25, 0.3) is 0 Å². The Kier molecular flexibility index (Phi) is 7.74. The van der Waals surface area contributed by atoms with Crippen molar-refractivity contribution in [2.24, 2.45) is 5.10 Å². The standard InChI is InChI=1S/C22H17BrCl2N2O3/c1-29-20-10-15(12-26-27-22(28)16-3-2-4-17(23)11-16)9-19(25)21(20)30-13-14-5-7-18(24)8-6-14/h2-12H,13H2,1H3,(H,27,28)/b26-12-. The van der Waals surface area contributed by atoms with Crippen LogP contribution in [0.2, 0.25) is 10.0 Å². The third-order valence-electron chi connectivity index (χ3n) is 4.01. The van der Waals surface area contributed by atoms with Crippen LogP contribution in [-0.4, -0.2) is 19.2 Å². The molecule has 3 aromatic carbocycles. The van der Waals surface area contributed by atoms with Gasteiger partial charge in [0, 0.05) is 15.1 Å². The molecule has 3 aromatic rings. The summed E-state index contributed by atoms with van der Waals surface area (Å²) in [4.78, 5) is 12.1. The SMILES string of the molecule is COc1cc(/C=N\NC(=O)c2cccc(Br)c2)cc(Cl)c1OCc1ccc(Cl)cc1. The maximum atomic E-state index is 12.1. The quantitative estimate of drug-likeness (QED) is 0.310. The van der Waals surface area contributed by atoms with Gasteiger partial charge in [-0.25, -0.2) is 5.43 Å². The van der Waals surface area contributed by atoms with Crippen molar-refractivity contribution in [3.05, 3.63) is 91.9 Å². The number of benzene rings is 3. The fraction of sp³-hybridized carbons (Fsp3) is 0.0909. The lowest BCUT2D eigenvalue weighted by Crippen LogP contribution is -2.17. The van der Waals surface area contributed by atoms with E-state index in [1.807, 2.05) is 18.2 Å². The third-order valence-corrected chi connectivity index (χ3v) is 5.04. The number of nitrogens with zero attached hydrogens (tertiary/aromatic N) is 1. The Morgan fingerprint density at radius 3 is 2.60 bits per heavy atom. The lowest BCUT2D eigenvalue weighted by Gasteiger charge is -2.13. The zero-order chi connectivity index (χ0) is 21.5. The molecular formula is C22H17BrCl2N2O3. The molecule has 8 heteroatoms. The van der Waals surface area contributed by atoms with Crippen LogP contribution < -0.4 is 14.9 Å². The minimum atomic E-state index is -0.325. The molecule has 0 saturated heterocycles. The molecule has 0 aliphatic heterocycles. The Morgan fingerprint density at radius 2 is 1.90 bits per heavy atom. The molecule has 0 heterocycles. The molecule has 0 saturated carbocycles. The van der Waals surface area contributed by atoms with E-state index in [1.54, 1.807) is 42.5 Å². The minimum Gasteiger partial charge on any atom is -0.493 e. The molecule has 0 spiro atoms. The van der Waals surface area contributed by atoms with Gasteiger partial charge in [0.2, 0.25) is 0 Å². The van der Waals surface area contributed by atoms with Crippen LogP contribution in [0.4, 0.5) is 0 Å². The number of carbonyl (C=O) groups is 1. The average molecular weight is 508 g/mol. The van der Waals surface area contributed by atoms with E-state index in [2.05, 4.69) is 26.5 Å². The van der Waals surface area contributed by atoms with Crippen LogP contribution in [0.15, 0.2) is 70.2 Å². The summed E-state index contributed by atoms with van der Waals surface area (Å²) in [5.74, 6) is 0.550. The molecule has 5 nitrogen and oxygen atoms in total. The van der Waals surface area contributed by atoms with Crippen LogP contribution in [0.5, 0.6) is 11.5 Å². The van der Waals surface area contributed by atoms with Crippen LogP contribution in [0.1, 0.15) is 21.5 Å². The van der Waals surface area contributed by atoms with Crippen LogP contribution in [-0.2, 0) is 6.61 Å². The van der Waals surface area contributed by atoms with Gasteiger partial charge in [0.05, 0.1) is 18.3 Å². The fourth-order valence-corrected chi connectivity index (χ4v) is 3.35. The molecule has 0 fully saturated rings. The highest BCUT2D eigenvalue weighted by atomic mass is 79.9. The van der Waals surface area contributed by atoms with Gasteiger partial charge in [-0.3, -0.25) is 4.79 Å². The third kappa shape index (κ3) is 5.98. The second-order valence-electron chi connectivity index (χ2n) is 6.16. The summed E-state index contributed by atoms with van der Waals surface area (Å²) in [7, 11) is 1.52. The van der Waals surface area contributed by atoms with Crippen LogP contribution >= 0.6 is 39.1 Å². The molecule has 0 atom stereocenters. The first-order valence-electron chi connectivity index (χ1n) is 8.80. The summed E-state index contributed by atoms with van der Waals surface area (Å²) >= 11 is 15.6. The number of methoxy groups -OCH3 is 1. The molecule has 30 heavy (non-hydrogen) atoms. The van der Waals surface area contributed by atoms with Crippen molar-refractivity contribution in [1.82, 2.24) is 5.43 Å². The number of halogens is 3. The summed E-state index contributed by atoms with van der Waals surface area (Å²) < 4.78 is 12.0. The molecule has 0 bridgehead atoms. The summed E-state index contributed by atoms with van der Waals surface area (Å²) in [5.41, 5.74) is 4.56. The molecule has 1 N–H and O–H groups in total. The smallest absolute Gasteiger partial charge is 0.271 e. The first-order valence-corrected chi connectivity index (χ1v) is 10.3. The largest absolute Gasteiger partial charge is 0.493 e. The van der Waals surface area contributed by atoms with Crippen molar-refractivity contribution in [2.45, 2.75) is 6.61 Å². The number of hydrogen-bond donors (Lipinski definition) is 1. The predicted molar refractivity (Wildman–Crippen MR) is 123 cm³/mol. The molecule has 0 radical (unpaired) electrons. The van der Waals surface area contributed by atoms with Gasteiger partial charge in [0.15, 0.2) is 11.5 Å². The van der Waals surface area contributed by atoms with Crippen LogP contribution in [0.3, 0.4) is 0 Å².